The maximum absolute atomic E-state index is 12.7. The van der Waals surface area contributed by atoms with E-state index in [-0.39, 0.29) is 5.91 Å². The maximum atomic E-state index is 12.7. The van der Waals surface area contributed by atoms with Gasteiger partial charge < -0.3 is 4.90 Å². The van der Waals surface area contributed by atoms with Gasteiger partial charge in [0.05, 0.1) is 17.4 Å². The van der Waals surface area contributed by atoms with Gasteiger partial charge in [-0.3, -0.25) is 9.48 Å². The Kier molecular flexibility index (Phi) is 5.33. The number of hydrogen-bond acceptors (Lipinski definition) is 3. The van der Waals surface area contributed by atoms with E-state index in [1.165, 1.54) is 11.3 Å². The van der Waals surface area contributed by atoms with Gasteiger partial charge in [-0.1, -0.05) is 23.7 Å². The Labute approximate surface area is 150 Å². The zero-order valence-electron chi connectivity index (χ0n) is 13.4. The van der Waals surface area contributed by atoms with Crippen LogP contribution in [0.5, 0.6) is 0 Å². The number of rotatable bonds is 6. The Hall–Kier alpha value is -2.11. The Morgan fingerprint density at radius 3 is 2.62 bits per heavy atom. The van der Waals surface area contributed by atoms with Crippen molar-refractivity contribution in [1.29, 1.82) is 0 Å². The van der Waals surface area contributed by atoms with Crippen LogP contribution in [0.25, 0.3) is 0 Å². The van der Waals surface area contributed by atoms with Crippen LogP contribution >= 0.6 is 22.9 Å². The number of halogens is 1. The molecule has 3 rings (SSSR count). The number of nitrogens with zero attached hydrogens (tertiary/aromatic N) is 3. The summed E-state index contributed by atoms with van der Waals surface area (Å²) in [5.41, 5.74) is 1.81. The summed E-state index contributed by atoms with van der Waals surface area (Å²) in [6.45, 7) is 3.93. The number of carbonyl (C=O) groups excluding carboxylic acids is 1. The Morgan fingerprint density at radius 2 is 2.04 bits per heavy atom. The van der Waals surface area contributed by atoms with E-state index in [1.807, 2.05) is 65.2 Å². The van der Waals surface area contributed by atoms with E-state index in [0.717, 1.165) is 14.8 Å². The molecular weight excluding hydrogens is 342 g/mol. The van der Waals surface area contributed by atoms with Crippen molar-refractivity contribution in [1.82, 2.24) is 14.7 Å². The lowest BCUT2D eigenvalue weighted by molar-refractivity contribution is 0.0754. The molecular formula is C18H18ClN3OS. The molecule has 0 N–H and O–H groups in total. The van der Waals surface area contributed by atoms with E-state index >= 15 is 0 Å². The molecule has 3 aromatic rings. The topological polar surface area (TPSA) is 38.1 Å². The fourth-order valence-corrected chi connectivity index (χ4v) is 3.57. The first-order valence-electron chi connectivity index (χ1n) is 7.75. The van der Waals surface area contributed by atoms with Crippen molar-refractivity contribution in [3.63, 3.8) is 0 Å². The summed E-state index contributed by atoms with van der Waals surface area (Å²) in [5, 5.41) is 4.19. The van der Waals surface area contributed by atoms with E-state index in [9.17, 15) is 4.79 Å². The average molecular weight is 360 g/mol. The number of benzene rings is 1. The van der Waals surface area contributed by atoms with Crippen molar-refractivity contribution in [2.75, 3.05) is 6.54 Å². The van der Waals surface area contributed by atoms with Crippen molar-refractivity contribution in [2.45, 2.75) is 20.0 Å². The zero-order valence-corrected chi connectivity index (χ0v) is 14.9. The van der Waals surface area contributed by atoms with Gasteiger partial charge >= 0.3 is 0 Å². The number of hydrogen-bond donors (Lipinski definition) is 0. The van der Waals surface area contributed by atoms with Gasteiger partial charge in [-0.05, 0) is 42.8 Å². The number of amides is 1. The predicted octanol–water partition coefficient (Wildman–Crippen LogP) is 4.31. The normalized spacial score (nSPS) is 10.8. The minimum Gasteiger partial charge on any atom is -0.334 e. The van der Waals surface area contributed by atoms with Crippen LogP contribution in [0.2, 0.25) is 4.34 Å². The van der Waals surface area contributed by atoms with Crippen LogP contribution < -0.4 is 0 Å². The lowest BCUT2D eigenvalue weighted by atomic mass is 10.1. The van der Waals surface area contributed by atoms with Gasteiger partial charge in [0, 0.05) is 29.4 Å². The molecule has 124 valence electrons. The highest BCUT2D eigenvalue weighted by atomic mass is 35.5. The molecule has 0 aliphatic heterocycles. The van der Waals surface area contributed by atoms with Gasteiger partial charge in [0.25, 0.3) is 5.91 Å². The molecule has 0 atom stereocenters. The highest BCUT2D eigenvalue weighted by molar-refractivity contribution is 7.16. The number of carbonyl (C=O) groups is 1. The van der Waals surface area contributed by atoms with E-state index in [1.54, 1.807) is 6.20 Å². The van der Waals surface area contributed by atoms with E-state index in [2.05, 4.69) is 5.10 Å². The van der Waals surface area contributed by atoms with Crippen LogP contribution in [0.4, 0.5) is 0 Å². The Morgan fingerprint density at radius 1 is 1.25 bits per heavy atom. The molecule has 2 aromatic heterocycles. The summed E-state index contributed by atoms with van der Waals surface area (Å²) in [6.07, 6.45) is 3.68. The van der Waals surface area contributed by atoms with Crippen molar-refractivity contribution >= 4 is 28.8 Å². The van der Waals surface area contributed by atoms with Gasteiger partial charge in [0.2, 0.25) is 0 Å². The van der Waals surface area contributed by atoms with Gasteiger partial charge in [0.15, 0.2) is 0 Å². The summed E-state index contributed by atoms with van der Waals surface area (Å²) in [4.78, 5) is 15.6. The molecule has 0 bridgehead atoms. The lowest BCUT2D eigenvalue weighted by Gasteiger charge is -2.20. The molecule has 2 heterocycles. The quantitative estimate of drug-likeness (QED) is 0.657. The molecule has 1 amide bonds. The molecule has 0 saturated heterocycles. The molecule has 0 aliphatic rings. The molecule has 0 unspecified atom stereocenters. The lowest BCUT2D eigenvalue weighted by Crippen LogP contribution is -2.29. The van der Waals surface area contributed by atoms with Gasteiger partial charge in [0.1, 0.15) is 0 Å². The predicted molar refractivity (Wildman–Crippen MR) is 97.5 cm³/mol. The fraction of sp³-hybridized carbons (Fsp3) is 0.222. The Balaban J connectivity index is 1.68. The Bertz CT molecular complexity index is 796. The molecule has 4 nitrogen and oxygen atoms in total. The van der Waals surface area contributed by atoms with Crippen LogP contribution in [0, 0.1) is 0 Å². The largest absolute Gasteiger partial charge is 0.334 e. The summed E-state index contributed by atoms with van der Waals surface area (Å²) in [5.74, 6) is 0.0349. The smallest absolute Gasteiger partial charge is 0.254 e. The third kappa shape index (κ3) is 4.04. The number of thiophene rings is 1. The molecule has 24 heavy (non-hydrogen) atoms. The first kappa shape index (κ1) is 16.7. The summed E-state index contributed by atoms with van der Waals surface area (Å²) in [7, 11) is 0. The van der Waals surface area contributed by atoms with E-state index < -0.39 is 0 Å². The molecule has 0 radical (unpaired) electrons. The first-order chi connectivity index (χ1) is 11.7. The van der Waals surface area contributed by atoms with Crippen LogP contribution in [0.1, 0.15) is 27.7 Å². The maximum Gasteiger partial charge on any atom is 0.254 e. The van der Waals surface area contributed by atoms with Crippen molar-refractivity contribution in [3.05, 3.63) is 75.2 Å². The molecule has 0 fully saturated rings. The highest BCUT2D eigenvalue weighted by Crippen LogP contribution is 2.23. The monoisotopic (exact) mass is 359 g/mol. The second-order valence-electron chi connectivity index (χ2n) is 5.43. The fourth-order valence-electron chi connectivity index (χ4n) is 2.47. The van der Waals surface area contributed by atoms with Gasteiger partial charge in [-0.2, -0.15) is 5.10 Å². The van der Waals surface area contributed by atoms with Crippen molar-refractivity contribution in [3.8, 4) is 0 Å². The highest BCUT2D eigenvalue weighted by Gasteiger charge is 2.15. The summed E-state index contributed by atoms with van der Waals surface area (Å²) in [6, 6.07) is 13.4. The standard InChI is InChI=1S/C18H18ClN3OS/c1-2-21(13-16-8-9-17(19)24-16)18(23)15-6-4-14(5-7-15)12-22-11-3-10-20-22/h3-11H,2,12-13H2,1H3. The van der Waals surface area contributed by atoms with Crippen LogP contribution in [-0.2, 0) is 13.1 Å². The molecule has 0 saturated carbocycles. The van der Waals surface area contributed by atoms with E-state index in [4.69, 9.17) is 11.6 Å². The zero-order chi connectivity index (χ0) is 16.9. The van der Waals surface area contributed by atoms with Gasteiger partial charge in [-0.15, -0.1) is 11.3 Å². The third-order valence-electron chi connectivity index (χ3n) is 3.75. The minimum absolute atomic E-state index is 0.0349. The first-order valence-corrected chi connectivity index (χ1v) is 8.95. The molecule has 6 heteroatoms. The summed E-state index contributed by atoms with van der Waals surface area (Å²) >= 11 is 7.48. The van der Waals surface area contributed by atoms with Crippen molar-refractivity contribution in [2.24, 2.45) is 0 Å². The van der Waals surface area contributed by atoms with Gasteiger partial charge in [-0.25, -0.2) is 0 Å². The van der Waals surface area contributed by atoms with Crippen LogP contribution in [0.15, 0.2) is 54.9 Å². The molecule has 1 aromatic carbocycles. The minimum atomic E-state index is 0.0349. The number of aromatic nitrogens is 2. The second-order valence-corrected chi connectivity index (χ2v) is 7.23. The van der Waals surface area contributed by atoms with E-state index in [0.29, 0.717) is 25.2 Å². The summed E-state index contributed by atoms with van der Waals surface area (Å²) < 4.78 is 2.60. The van der Waals surface area contributed by atoms with Crippen LogP contribution in [0.3, 0.4) is 0 Å². The molecule has 0 aliphatic carbocycles. The van der Waals surface area contributed by atoms with Crippen LogP contribution in [-0.4, -0.2) is 27.1 Å². The molecule has 0 spiro atoms. The second kappa shape index (κ2) is 7.64. The van der Waals surface area contributed by atoms with Crippen molar-refractivity contribution < 1.29 is 4.79 Å². The third-order valence-corrected chi connectivity index (χ3v) is 4.97. The average Bonchev–Trinajstić information content (AvgIpc) is 3.24. The SMILES string of the molecule is CCN(Cc1ccc(Cl)s1)C(=O)c1ccc(Cn2cccn2)cc1.